The number of rotatable bonds is 3. The van der Waals surface area contributed by atoms with Crippen LogP contribution >= 0.6 is 11.6 Å². The van der Waals surface area contributed by atoms with Crippen molar-refractivity contribution in [2.45, 2.75) is 6.92 Å². The maximum atomic E-state index is 6.12. The van der Waals surface area contributed by atoms with Gasteiger partial charge in [0.25, 0.3) is 0 Å². The minimum atomic E-state index is 0.591. The number of nitrogens with zero attached hydrogens (tertiary/aromatic N) is 1. The SMILES string of the molecule is CNc1ncc(-c2cc(Cl)c(OC)cc2C)[nH]1. The lowest BCUT2D eigenvalue weighted by Crippen LogP contribution is -1.91. The molecule has 90 valence electrons. The molecule has 0 spiro atoms. The fourth-order valence-electron chi connectivity index (χ4n) is 1.69. The van der Waals surface area contributed by atoms with Crippen LogP contribution in [0.2, 0.25) is 5.02 Å². The average Bonchev–Trinajstić information content (AvgIpc) is 2.80. The summed E-state index contributed by atoms with van der Waals surface area (Å²) in [6.07, 6.45) is 1.77. The number of ether oxygens (including phenoxy) is 1. The third kappa shape index (κ3) is 2.22. The number of halogens is 1. The molecule has 1 aromatic heterocycles. The fourth-order valence-corrected chi connectivity index (χ4v) is 1.93. The molecule has 0 saturated carbocycles. The second-order valence-corrected chi connectivity index (χ2v) is 4.10. The van der Waals surface area contributed by atoms with Gasteiger partial charge >= 0.3 is 0 Å². The lowest BCUT2D eigenvalue weighted by atomic mass is 10.1. The molecule has 0 aliphatic carbocycles. The lowest BCUT2D eigenvalue weighted by Gasteiger charge is -2.08. The number of anilines is 1. The van der Waals surface area contributed by atoms with E-state index in [2.05, 4.69) is 15.3 Å². The molecule has 0 aliphatic rings. The monoisotopic (exact) mass is 251 g/mol. The van der Waals surface area contributed by atoms with E-state index in [0.29, 0.717) is 10.8 Å². The molecule has 0 atom stereocenters. The number of hydrogen-bond donors (Lipinski definition) is 2. The third-order valence-electron chi connectivity index (χ3n) is 2.60. The number of H-pyrrole nitrogens is 1. The van der Waals surface area contributed by atoms with E-state index >= 15 is 0 Å². The molecule has 17 heavy (non-hydrogen) atoms. The largest absolute Gasteiger partial charge is 0.495 e. The van der Waals surface area contributed by atoms with Crippen molar-refractivity contribution >= 4 is 17.5 Å². The highest BCUT2D eigenvalue weighted by atomic mass is 35.5. The van der Waals surface area contributed by atoms with Crippen LogP contribution in [-0.2, 0) is 0 Å². The molecule has 2 N–H and O–H groups in total. The van der Waals surface area contributed by atoms with Crippen LogP contribution in [0, 0.1) is 6.92 Å². The Morgan fingerprint density at radius 1 is 1.41 bits per heavy atom. The van der Waals surface area contributed by atoms with Gasteiger partial charge in [-0.05, 0) is 24.6 Å². The summed E-state index contributed by atoms with van der Waals surface area (Å²) in [5.41, 5.74) is 3.03. The Morgan fingerprint density at radius 2 is 2.18 bits per heavy atom. The number of aromatic amines is 1. The van der Waals surface area contributed by atoms with Crippen LogP contribution in [0.3, 0.4) is 0 Å². The number of aromatic nitrogens is 2. The fraction of sp³-hybridized carbons (Fsp3) is 0.250. The summed E-state index contributed by atoms with van der Waals surface area (Å²) in [5, 5.41) is 3.54. The molecule has 0 fully saturated rings. The van der Waals surface area contributed by atoms with Gasteiger partial charge in [-0.15, -0.1) is 0 Å². The average molecular weight is 252 g/mol. The van der Waals surface area contributed by atoms with E-state index in [4.69, 9.17) is 16.3 Å². The second kappa shape index (κ2) is 4.67. The maximum absolute atomic E-state index is 6.12. The van der Waals surface area contributed by atoms with Crippen LogP contribution in [0.15, 0.2) is 18.3 Å². The zero-order chi connectivity index (χ0) is 12.4. The van der Waals surface area contributed by atoms with Gasteiger partial charge in [0.1, 0.15) is 5.75 Å². The number of imidazole rings is 1. The summed E-state index contributed by atoms with van der Waals surface area (Å²) in [7, 11) is 3.42. The van der Waals surface area contributed by atoms with Gasteiger partial charge in [-0.2, -0.15) is 0 Å². The molecule has 4 nitrogen and oxygen atoms in total. The number of methoxy groups -OCH3 is 1. The van der Waals surface area contributed by atoms with E-state index in [1.165, 1.54) is 0 Å². The van der Waals surface area contributed by atoms with E-state index in [9.17, 15) is 0 Å². The van der Waals surface area contributed by atoms with Crippen LogP contribution < -0.4 is 10.1 Å². The van der Waals surface area contributed by atoms with Gasteiger partial charge in [-0.25, -0.2) is 4.98 Å². The molecule has 1 heterocycles. The molecule has 0 bridgehead atoms. The quantitative estimate of drug-likeness (QED) is 0.881. The van der Waals surface area contributed by atoms with E-state index in [1.807, 2.05) is 26.1 Å². The number of aryl methyl sites for hydroxylation is 1. The predicted molar refractivity (Wildman–Crippen MR) is 69.9 cm³/mol. The summed E-state index contributed by atoms with van der Waals surface area (Å²) in [6.45, 7) is 2.01. The number of hydrogen-bond acceptors (Lipinski definition) is 3. The molecular weight excluding hydrogens is 238 g/mol. The van der Waals surface area contributed by atoms with Gasteiger partial charge in [0.15, 0.2) is 5.95 Å². The molecule has 0 unspecified atom stereocenters. The smallest absolute Gasteiger partial charge is 0.200 e. The van der Waals surface area contributed by atoms with Gasteiger partial charge in [-0.3, -0.25) is 0 Å². The second-order valence-electron chi connectivity index (χ2n) is 3.70. The number of benzene rings is 1. The van der Waals surface area contributed by atoms with Crippen molar-refractivity contribution in [1.29, 1.82) is 0 Å². The predicted octanol–water partition coefficient (Wildman–Crippen LogP) is 3.09. The zero-order valence-electron chi connectivity index (χ0n) is 9.97. The normalized spacial score (nSPS) is 10.4. The summed E-state index contributed by atoms with van der Waals surface area (Å²) >= 11 is 6.12. The minimum Gasteiger partial charge on any atom is -0.495 e. The zero-order valence-corrected chi connectivity index (χ0v) is 10.7. The van der Waals surface area contributed by atoms with E-state index < -0.39 is 0 Å². The van der Waals surface area contributed by atoms with Gasteiger partial charge in [-0.1, -0.05) is 11.6 Å². The maximum Gasteiger partial charge on any atom is 0.200 e. The first-order valence-electron chi connectivity index (χ1n) is 5.23. The molecular formula is C12H14ClN3O. The third-order valence-corrected chi connectivity index (χ3v) is 2.90. The first-order valence-corrected chi connectivity index (χ1v) is 5.60. The molecule has 2 aromatic rings. The topological polar surface area (TPSA) is 49.9 Å². The first-order chi connectivity index (χ1) is 8.15. The van der Waals surface area contributed by atoms with E-state index in [0.717, 1.165) is 22.8 Å². The van der Waals surface area contributed by atoms with Gasteiger partial charge in [0.2, 0.25) is 0 Å². The summed E-state index contributed by atoms with van der Waals surface area (Å²) in [5.74, 6) is 1.41. The van der Waals surface area contributed by atoms with Crippen molar-refractivity contribution in [2.75, 3.05) is 19.5 Å². The Morgan fingerprint density at radius 3 is 2.76 bits per heavy atom. The van der Waals surface area contributed by atoms with E-state index in [1.54, 1.807) is 13.3 Å². The van der Waals surface area contributed by atoms with Crippen molar-refractivity contribution in [1.82, 2.24) is 9.97 Å². The van der Waals surface area contributed by atoms with Crippen LogP contribution in [0.4, 0.5) is 5.95 Å². The van der Waals surface area contributed by atoms with Gasteiger partial charge in [0.05, 0.1) is 24.0 Å². The first kappa shape index (κ1) is 11.8. The Labute approximate surface area is 105 Å². The Kier molecular flexibility index (Phi) is 3.24. The molecule has 1 aromatic carbocycles. The van der Waals surface area contributed by atoms with Crippen molar-refractivity contribution in [3.8, 4) is 17.0 Å². The standard InChI is InChI=1S/C12H14ClN3O/c1-7-4-11(17-3)9(13)5-8(7)10-6-15-12(14-2)16-10/h4-6H,1-3H3,(H2,14,15,16). The molecule has 2 rings (SSSR count). The summed E-state index contributed by atoms with van der Waals surface area (Å²) in [6, 6.07) is 3.79. The highest BCUT2D eigenvalue weighted by Crippen LogP contribution is 2.32. The molecule has 5 heteroatoms. The van der Waals surface area contributed by atoms with Crippen molar-refractivity contribution in [3.05, 3.63) is 28.9 Å². The van der Waals surface area contributed by atoms with Gasteiger partial charge < -0.3 is 15.0 Å². The Hall–Kier alpha value is -1.68. The van der Waals surface area contributed by atoms with Crippen molar-refractivity contribution in [2.24, 2.45) is 0 Å². The Balaban J connectivity index is 2.48. The van der Waals surface area contributed by atoms with Crippen molar-refractivity contribution < 1.29 is 4.74 Å². The molecule has 0 saturated heterocycles. The van der Waals surface area contributed by atoms with Crippen LogP contribution in [0.1, 0.15) is 5.56 Å². The Bertz CT molecular complexity index is 537. The van der Waals surface area contributed by atoms with E-state index in [-0.39, 0.29) is 0 Å². The number of nitrogens with one attached hydrogen (secondary N) is 2. The van der Waals surface area contributed by atoms with Crippen LogP contribution in [0.25, 0.3) is 11.3 Å². The highest BCUT2D eigenvalue weighted by molar-refractivity contribution is 6.32. The van der Waals surface area contributed by atoms with Crippen molar-refractivity contribution in [3.63, 3.8) is 0 Å². The van der Waals surface area contributed by atoms with Crippen LogP contribution in [-0.4, -0.2) is 24.1 Å². The van der Waals surface area contributed by atoms with Gasteiger partial charge in [0, 0.05) is 12.6 Å². The van der Waals surface area contributed by atoms with Crippen LogP contribution in [0.5, 0.6) is 5.75 Å². The summed E-state index contributed by atoms with van der Waals surface area (Å²) < 4.78 is 5.17. The molecule has 0 radical (unpaired) electrons. The summed E-state index contributed by atoms with van der Waals surface area (Å²) in [4.78, 5) is 7.35. The highest BCUT2D eigenvalue weighted by Gasteiger charge is 2.10. The minimum absolute atomic E-state index is 0.591. The molecule has 0 amide bonds. The molecule has 0 aliphatic heterocycles. The lowest BCUT2D eigenvalue weighted by molar-refractivity contribution is 0.415.